The molecule has 1 N–H and O–H groups in total. The number of anilines is 2. The van der Waals surface area contributed by atoms with Gasteiger partial charge in [-0.1, -0.05) is 19.8 Å². The first-order valence-corrected chi connectivity index (χ1v) is 9.68. The summed E-state index contributed by atoms with van der Waals surface area (Å²) in [5.74, 6) is 1.40. The molecular weight excluding hydrogens is 349 g/mol. The lowest BCUT2D eigenvalue weighted by Crippen LogP contribution is -2.19. The van der Waals surface area contributed by atoms with Crippen LogP contribution < -0.4 is 14.8 Å². The molecule has 0 aromatic carbocycles. The van der Waals surface area contributed by atoms with Crippen molar-refractivity contribution in [2.45, 2.75) is 51.5 Å². The molecule has 7 nitrogen and oxygen atoms in total. The number of nitrogens with zero attached hydrogens (tertiary/aromatic N) is 4. The van der Waals surface area contributed by atoms with Gasteiger partial charge in [0.1, 0.15) is 5.69 Å². The van der Waals surface area contributed by atoms with Crippen LogP contribution in [0.1, 0.15) is 51.5 Å². The molecule has 4 rings (SSSR count). The van der Waals surface area contributed by atoms with Gasteiger partial charge in [-0.25, -0.2) is 4.98 Å². The van der Waals surface area contributed by atoms with Gasteiger partial charge < -0.3 is 14.8 Å². The second kappa shape index (κ2) is 7.70. The molecule has 2 fully saturated rings. The van der Waals surface area contributed by atoms with E-state index in [1.807, 2.05) is 10.9 Å². The van der Waals surface area contributed by atoms with Gasteiger partial charge in [0.2, 0.25) is 11.8 Å². The zero-order chi connectivity index (χ0) is 18.8. The van der Waals surface area contributed by atoms with Crippen LogP contribution in [0.25, 0.3) is 0 Å². The molecule has 0 amide bonds. The van der Waals surface area contributed by atoms with E-state index in [0.29, 0.717) is 30.1 Å². The summed E-state index contributed by atoms with van der Waals surface area (Å²) in [5, 5.41) is 7.46. The van der Waals surface area contributed by atoms with Gasteiger partial charge in [-0.05, 0) is 37.5 Å². The van der Waals surface area contributed by atoms with Crippen LogP contribution in [0.2, 0.25) is 0 Å². The number of hydrogen-bond acceptors (Lipinski definition) is 6. The zero-order valence-electron chi connectivity index (χ0n) is 15.8. The van der Waals surface area contributed by atoms with Crippen LogP contribution in [0.4, 0.5) is 16.0 Å². The minimum absolute atomic E-state index is 0.0142. The van der Waals surface area contributed by atoms with Gasteiger partial charge in [-0.15, -0.1) is 5.10 Å². The van der Waals surface area contributed by atoms with E-state index in [-0.39, 0.29) is 11.8 Å². The molecule has 8 heteroatoms. The Morgan fingerprint density at radius 1 is 1.19 bits per heavy atom. The van der Waals surface area contributed by atoms with Crippen molar-refractivity contribution >= 4 is 11.6 Å². The maximum Gasteiger partial charge on any atom is 0.256 e. The first-order valence-electron chi connectivity index (χ1n) is 9.68. The van der Waals surface area contributed by atoms with Gasteiger partial charge in [0.25, 0.3) is 11.8 Å². The maximum absolute atomic E-state index is 14.1. The molecule has 2 heterocycles. The normalized spacial score (nSPS) is 22.5. The van der Waals surface area contributed by atoms with E-state index in [2.05, 4.69) is 27.3 Å². The van der Waals surface area contributed by atoms with Crippen molar-refractivity contribution in [2.75, 3.05) is 19.0 Å². The highest BCUT2D eigenvalue weighted by molar-refractivity contribution is 5.59. The fraction of sp³-hybridized carbons (Fsp3) is 0.632. The zero-order valence-corrected chi connectivity index (χ0v) is 15.8. The number of rotatable bonds is 7. The average molecular weight is 375 g/mol. The van der Waals surface area contributed by atoms with E-state index in [1.54, 1.807) is 7.11 Å². The molecule has 0 aliphatic heterocycles. The van der Waals surface area contributed by atoms with Crippen LogP contribution in [-0.2, 0) is 0 Å². The van der Waals surface area contributed by atoms with E-state index < -0.39 is 5.82 Å². The van der Waals surface area contributed by atoms with Crippen molar-refractivity contribution in [3.63, 3.8) is 0 Å². The van der Waals surface area contributed by atoms with Crippen LogP contribution in [0.5, 0.6) is 11.8 Å². The van der Waals surface area contributed by atoms with E-state index in [4.69, 9.17) is 9.47 Å². The topological polar surface area (TPSA) is 74.1 Å². The number of aromatic nitrogens is 4. The molecular formula is C19H26FN5O2. The molecule has 0 atom stereocenters. The van der Waals surface area contributed by atoms with E-state index in [0.717, 1.165) is 37.8 Å². The Kier molecular flexibility index (Phi) is 5.13. The highest BCUT2D eigenvalue weighted by atomic mass is 19.1. The molecule has 0 radical (unpaired) electrons. The Balaban J connectivity index is 1.42. The van der Waals surface area contributed by atoms with Crippen molar-refractivity contribution in [3.8, 4) is 11.8 Å². The fourth-order valence-electron chi connectivity index (χ4n) is 3.46. The molecule has 2 saturated carbocycles. The highest BCUT2D eigenvalue weighted by Gasteiger charge is 2.26. The monoisotopic (exact) mass is 375 g/mol. The van der Waals surface area contributed by atoms with Crippen molar-refractivity contribution < 1.29 is 13.9 Å². The molecule has 0 spiro atoms. The van der Waals surface area contributed by atoms with Gasteiger partial charge in [0, 0.05) is 0 Å². The first-order chi connectivity index (χ1) is 13.1. The Morgan fingerprint density at radius 2 is 1.96 bits per heavy atom. The van der Waals surface area contributed by atoms with Crippen LogP contribution in [-0.4, -0.2) is 33.5 Å². The van der Waals surface area contributed by atoms with Crippen LogP contribution in [0.15, 0.2) is 12.4 Å². The third-order valence-electron chi connectivity index (χ3n) is 5.36. The standard InChI is InChI=1S/C19H26FN5O2/c1-12-3-5-13(6-4-12)11-27-17-15(20)9-21-19(23-17)22-16-10-25(14-7-8-14)24-18(16)26-2/h9-10,12-14H,3-8,11H2,1-2H3,(H,21,22,23). The van der Waals surface area contributed by atoms with Crippen molar-refractivity contribution in [3.05, 3.63) is 18.2 Å². The van der Waals surface area contributed by atoms with Gasteiger partial charge in [-0.2, -0.15) is 9.37 Å². The molecule has 2 aromatic heterocycles. The quantitative estimate of drug-likeness (QED) is 0.785. The number of halogens is 1. The SMILES string of the molecule is COc1nn(C2CC2)cc1Nc1ncc(F)c(OCC2CCC(C)CC2)n1. The minimum Gasteiger partial charge on any atom is -0.478 e. The summed E-state index contributed by atoms with van der Waals surface area (Å²) in [6.07, 6.45) is 9.89. The molecule has 2 aliphatic rings. The summed E-state index contributed by atoms with van der Waals surface area (Å²) in [6, 6.07) is 0.431. The second-order valence-corrected chi connectivity index (χ2v) is 7.67. The van der Waals surface area contributed by atoms with Gasteiger partial charge in [0.15, 0.2) is 0 Å². The lowest BCUT2D eigenvalue weighted by molar-refractivity contribution is 0.178. The predicted octanol–water partition coefficient (Wildman–Crippen LogP) is 4.10. The number of nitrogens with one attached hydrogen (secondary N) is 1. The summed E-state index contributed by atoms with van der Waals surface area (Å²) in [7, 11) is 1.57. The van der Waals surface area contributed by atoms with E-state index >= 15 is 0 Å². The van der Waals surface area contributed by atoms with Gasteiger partial charge >= 0.3 is 0 Å². The number of ether oxygens (including phenoxy) is 2. The van der Waals surface area contributed by atoms with Gasteiger partial charge in [0.05, 0.1) is 32.2 Å². The largest absolute Gasteiger partial charge is 0.478 e. The van der Waals surface area contributed by atoms with Gasteiger partial charge in [-0.3, -0.25) is 4.68 Å². The summed E-state index contributed by atoms with van der Waals surface area (Å²) in [5.41, 5.74) is 0.656. The van der Waals surface area contributed by atoms with E-state index in [9.17, 15) is 4.39 Å². The van der Waals surface area contributed by atoms with Crippen LogP contribution in [0, 0.1) is 17.7 Å². The van der Waals surface area contributed by atoms with Crippen molar-refractivity contribution in [1.29, 1.82) is 0 Å². The molecule has 0 unspecified atom stereocenters. The third kappa shape index (κ3) is 4.31. The number of methoxy groups -OCH3 is 1. The first kappa shape index (κ1) is 18.0. The molecule has 2 aliphatic carbocycles. The highest BCUT2D eigenvalue weighted by Crippen LogP contribution is 2.37. The van der Waals surface area contributed by atoms with Crippen LogP contribution >= 0.6 is 0 Å². The second-order valence-electron chi connectivity index (χ2n) is 7.67. The fourth-order valence-corrected chi connectivity index (χ4v) is 3.46. The van der Waals surface area contributed by atoms with Crippen molar-refractivity contribution in [2.24, 2.45) is 11.8 Å². The molecule has 0 bridgehead atoms. The molecule has 27 heavy (non-hydrogen) atoms. The maximum atomic E-state index is 14.1. The summed E-state index contributed by atoms with van der Waals surface area (Å²) >= 11 is 0. The molecule has 0 saturated heterocycles. The van der Waals surface area contributed by atoms with Crippen molar-refractivity contribution in [1.82, 2.24) is 19.7 Å². The Bertz CT molecular complexity index is 784. The Morgan fingerprint density at radius 3 is 2.67 bits per heavy atom. The summed E-state index contributed by atoms with van der Waals surface area (Å²) in [6.45, 7) is 2.77. The molecule has 2 aromatic rings. The van der Waals surface area contributed by atoms with E-state index in [1.165, 1.54) is 12.8 Å². The Labute approximate surface area is 158 Å². The minimum atomic E-state index is -0.551. The predicted molar refractivity (Wildman–Crippen MR) is 98.9 cm³/mol. The third-order valence-corrected chi connectivity index (χ3v) is 5.36. The summed E-state index contributed by atoms with van der Waals surface area (Å²) in [4.78, 5) is 8.21. The lowest BCUT2D eigenvalue weighted by atomic mass is 9.83. The lowest BCUT2D eigenvalue weighted by Gasteiger charge is -2.25. The van der Waals surface area contributed by atoms with Crippen LogP contribution in [0.3, 0.4) is 0 Å². The summed E-state index contributed by atoms with van der Waals surface area (Å²) < 4.78 is 26.9. The smallest absolute Gasteiger partial charge is 0.256 e. The average Bonchev–Trinajstić information content (AvgIpc) is 3.44. The Hall–Kier alpha value is -2.38. The number of hydrogen-bond donors (Lipinski definition) is 1. The molecule has 146 valence electrons.